The minimum absolute atomic E-state index is 0.238. The third-order valence-electron chi connectivity index (χ3n) is 2.07. The lowest BCUT2D eigenvalue weighted by Gasteiger charge is -2.04. The topological polar surface area (TPSA) is 68.9 Å². The number of nitrogens with two attached hydrogens (primary N) is 1. The summed E-state index contributed by atoms with van der Waals surface area (Å²) < 4.78 is 0.642. The first-order chi connectivity index (χ1) is 7.70. The maximum absolute atomic E-state index is 12.1. The molecule has 80 valence electrons. The Kier molecular flexibility index (Phi) is 2.96. The number of nitrogen functional groups attached to an aromatic ring is 1. The van der Waals surface area contributed by atoms with Gasteiger partial charge < -0.3 is 5.73 Å². The SMILES string of the molecule is Nc1ccncc1C(=O)c1ncccc1Br. The molecule has 5 heteroatoms. The molecule has 0 fully saturated rings. The van der Waals surface area contributed by atoms with Gasteiger partial charge in [-0.2, -0.15) is 0 Å². The Balaban J connectivity index is 2.48. The van der Waals surface area contributed by atoms with Crippen molar-refractivity contribution in [2.45, 2.75) is 0 Å². The van der Waals surface area contributed by atoms with Crippen LogP contribution in [0.15, 0.2) is 41.3 Å². The van der Waals surface area contributed by atoms with E-state index < -0.39 is 0 Å². The van der Waals surface area contributed by atoms with E-state index in [-0.39, 0.29) is 5.78 Å². The van der Waals surface area contributed by atoms with Crippen molar-refractivity contribution in [1.29, 1.82) is 0 Å². The van der Waals surface area contributed by atoms with Gasteiger partial charge in [0.05, 0.1) is 5.56 Å². The molecule has 0 aromatic carbocycles. The average molecular weight is 278 g/mol. The second-order valence-electron chi connectivity index (χ2n) is 3.13. The summed E-state index contributed by atoms with van der Waals surface area (Å²) in [7, 11) is 0. The molecule has 0 saturated heterocycles. The lowest BCUT2D eigenvalue weighted by Crippen LogP contribution is -2.08. The van der Waals surface area contributed by atoms with E-state index in [0.29, 0.717) is 21.4 Å². The van der Waals surface area contributed by atoms with Gasteiger partial charge >= 0.3 is 0 Å². The lowest BCUT2D eigenvalue weighted by atomic mass is 10.1. The van der Waals surface area contributed by atoms with Gasteiger partial charge in [0.25, 0.3) is 0 Å². The molecular formula is C11H8BrN3O. The summed E-state index contributed by atoms with van der Waals surface area (Å²) in [6.45, 7) is 0. The molecule has 0 aliphatic carbocycles. The summed E-state index contributed by atoms with van der Waals surface area (Å²) >= 11 is 3.27. The zero-order valence-electron chi connectivity index (χ0n) is 8.22. The third-order valence-corrected chi connectivity index (χ3v) is 2.71. The van der Waals surface area contributed by atoms with E-state index in [4.69, 9.17) is 5.73 Å². The molecule has 16 heavy (non-hydrogen) atoms. The molecule has 0 atom stereocenters. The van der Waals surface area contributed by atoms with Crippen molar-refractivity contribution in [3.05, 3.63) is 52.5 Å². The van der Waals surface area contributed by atoms with Gasteiger partial charge in [-0.3, -0.25) is 14.8 Å². The first-order valence-corrected chi connectivity index (χ1v) is 5.34. The van der Waals surface area contributed by atoms with Crippen LogP contribution in [0.1, 0.15) is 16.1 Å². The number of aromatic nitrogens is 2. The van der Waals surface area contributed by atoms with Crippen LogP contribution in [0, 0.1) is 0 Å². The smallest absolute Gasteiger partial charge is 0.216 e. The second-order valence-corrected chi connectivity index (χ2v) is 3.98. The molecule has 0 spiro atoms. The van der Waals surface area contributed by atoms with Gasteiger partial charge in [-0.05, 0) is 34.1 Å². The largest absolute Gasteiger partial charge is 0.398 e. The van der Waals surface area contributed by atoms with Crippen molar-refractivity contribution in [3.8, 4) is 0 Å². The van der Waals surface area contributed by atoms with E-state index in [1.165, 1.54) is 6.20 Å². The molecule has 2 aromatic heterocycles. The predicted octanol–water partition coefficient (Wildman–Crippen LogP) is 2.05. The Hall–Kier alpha value is -1.75. The van der Waals surface area contributed by atoms with Gasteiger partial charge in [0.2, 0.25) is 5.78 Å². The Morgan fingerprint density at radius 3 is 2.81 bits per heavy atom. The average Bonchev–Trinajstić information content (AvgIpc) is 2.29. The number of carbonyl (C=O) groups is 1. The van der Waals surface area contributed by atoms with E-state index in [0.717, 1.165) is 0 Å². The van der Waals surface area contributed by atoms with Crippen molar-refractivity contribution in [3.63, 3.8) is 0 Å². The van der Waals surface area contributed by atoms with Crippen LogP contribution in [-0.4, -0.2) is 15.8 Å². The number of ketones is 1. The molecule has 4 nitrogen and oxygen atoms in total. The molecule has 2 rings (SSSR count). The predicted molar refractivity (Wildman–Crippen MR) is 64.0 cm³/mol. The fourth-order valence-corrected chi connectivity index (χ4v) is 1.71. The third kappa shape index (κ3) is 1.94. The van der Waals surface area contributed by atoms with Crippen molar-refractivity contribution in [2.24, 2.45) is 0 Å². The molecule has 0 unspecified atom stereocenters. The molecule has 2 heterocycles. The van der Waals surface area contributed by atoms with Crippen molar-refractivity contribution >= 4 is 27.4 Å². The first kappa shape index (κ1) is 10.8. The highest BCUT2D eigenvalue weighted by Gasteiger charge is 2.16. The van der Waals surface area contributed by atoms with E-state index >= 15 is 0 Å². The normalized spacial score (nSPS) is 10.1. The highest BCUT2D eigenvalue weighted by Crippen LogP contribution is 2.19. The molecule has 0 aliphatic heterocycles. The molecular weight excluding hydrogens is 270 g/mol. The number of halogens is 1. The number of anilines is 1. The summed E-state index contributed by atoms with van der Waals surface area (Å²) in [4.78, 5) is 20.0. The van der Waals surface area contributed by atoms with Crippen LogP contribution in [0.2, 0.25) is 0 Å². The van der Waals surface area contributed by atoms with Gasteiger partial charge in [0.1, 0.15) is 5.69 Å². The molecule has 2 aromatic rings. The van der Waals surface area contributed by atoms with Gasteiger partial charge in [-0.15, -0.1) is 0 Å². The van der Waals surface area contributed by atoms with Crippen LogP contribution >= 0.6 is 15.9 Å². The van der Waals surface area contributed by atoms with E-state index in [1.54, 1.807) is 30.6 Å². The summed E-state index contributed by atoms with van der Waals surface area (Å²) in [6, 6.07) is 5.09. The minimum Gasteiger partial charge on any atom is -0.398 e. The Bertz CT molecular complexity index is 495. The van der Waals surface area contributed by atoms with Crippen LogP contribution in [-0.2, 0) is 0 Å². The molecule has 0 amide bonds. The van der Waals surface area contributed by atoms with Gasteiger partial charge in [-0.1, -0.05) is 0 Å². The Morgan fingerprint density at radius 1 is 1.31 bits per heavy atom. The Labute approximate surface area is 101 Å². The standard InChI is InChI=1S/C11H8BrN3O/c12-8-2-1-4-15-10(8)11(16)7-6-14-5-3-9(7)13/h1-6H,(H2,13,14). The second kappa shape index (κ2) is 4.40. The van der Waals surface area contributed by atoms with E-state index in [9.17, 15) is 4.79 Å². The minimum atomic E-state index is -0.238. The quantitative estimate of drug-likeness (QED) is 0.853. The highest BCUT2D eigenvalue weighted by molar-refractivity contribution is 9.10. The number of nitrogens with zero attached hydrogens (tertiary/aromatic N) is 2. The van der Waals surface area contributed by atoms with E-state index in [1.807, 2.05) is 0 Å². The number of hydrogen-bond donors (Lipinski definition) is 1. The number of hydrogen-bond acceptors (Lipinski definition) is 4. The monoisotopic (exact) mass is 277 g/mol. The summed E-state index contributed by atoms with van der Waals surface area (Å²) in [6.07, 6.45) is 4.54. The number of pyridine rings is 2. The lowest BCUT2D eigenvalue weighted by molar-refractivity contribution is 0.103. The summed E-state index contributed by atoms with van der Waals surface area (Å²) in [5, 5.41) is 0. The van der Waals surface area contributed by atoms with Crippen molar-refractivity contribution in [2.75, 3.05) is 5.73 Å². The van der Waals surface area contributed by atoms with Gasteiger partial charge in [0.15, 0.2) is 0 Å². The maximum atomic E-state index is 12.1. The summed E-state index contributed by atoms with van der Waals surface area (Å²) in [5.74, 6) is -0.238. The zero-order valence-corrected chi connectivity index (χ0v) is 9.81. The van der Waals surface area contributed by atoms with Crippen LogP contribution in [0.5, 0.6) is 0 Å². The highest BCUT2D eigenvalue weighted by atomic mass is 79.9. The number of carbonyl (C=O) groups excluding carboxylic acids is 1. The van der Waals surface area contributed by atoms with Crippen LogP contribution < -0.4 is 5.73 Å². The van der Waals surface area contributed by atoms with E-state index in [2.05, 4.69) is 25.9 Å². The molecule has 0 bridgehead atoms. The van der Waals surface area contributed by atoms with Crippen molar-refractivity contribution < 1.29 is 4.79 Å². The molecule has 0 radical (unpaired) electrons. The van der Waals surface area contributed by atoms with Gasteiger partial charge in [-0.25, -0.2) is 0 Å². The molecule has 2 N–H and O–H groups in total. The van der Waals surface area contributed by atoms with Crippen LogP contribution in [0.3, 0.4) is 0 Å². The molecule has 0 saturated carbocycles. The van der Waals surface area contributed by atoms with Crippen LogP contribution in [0.4, 0.5) is 5.69 Å². The fourth-order valence-electron chi connectivity index (χ4n) is 1.28. The zero-order chi connectivity index (χ0) is 11.5. The fraction of sp³-hybridized carbons (Fsp3) is 0. The Morgan fingerprint density at radius 2 is 2.12 bits per heavy atom. The molecule has 0 aliphatic rings. The summed E-state index contributed by atoms with van der Waals surface area (Å²) in [5.41, 5.74) is 6.80. The van der Waals surface area contributed by atoms with Gasteiger partial charge in [0, 0.05) is 28.8 Å². The maximum Gasteiger partial charge on any atom is 0.216 e. The van der Waals surface area contributed by atoms with Crippen LogP contribution in [0.25, 0.3) is 0 Å². The first-order valence-electron chi connectivity index (χ1n) is 4.55. The van der Waals surface area contributed by atoms with Crippen molar-refractivity contribution in [1.82, 2.24) is 9.97 Å². The number of rotatable bonds is 2.